The quantitative estimate of drug-likeness (QED) is 0.883. The van der Waals surface area contributed by atoms with E-state index in [0.717, 1.165) is 4.47 Å². The van der Waals surface area contributed by atoms with Crippen LogP contribution in [0.2, 0.25) is 0 Å². The first-order valence-corrected chi connectivity index (χ1v) is 6.09. The number of aromatic nitrogens is 2. The lowest BCUT2D eigenvalue weighted by Gasteiger charge is -2.12. The molecule has 1 aromatic heterocycles. The van der Waals surface area contributed by atoms with Crippen LogP contribution in [0.25, 0.3) is 0 Å². The van der Waals surface area contributed by atoms with Crippen molar-refractivity contribution in [1.29, 1.82) is 0 Å². The Morgan fingerprint density at radius 2 is 2.06 bits per heavy atom. The van der Waals surface area contributed by atoms with E-state index in [2.05, 4.69) is 25.9 Å². The van der Waals surface area contributed by atoms with Crippen molar-refractivity contribution in [3.63, 3.8) is 0 Å². The van der Waals surface area contributed by atoms with Crippen molar-refractivity contribution in [2.75, 3.05) is 24.7 Å². The Bertz CT molecular complexity index is 560. The smallest absolute Gasteiger partial charge is 0.228 e. The number of halogens is 1. The first-order valence-electron chi connectivity index (χ1n) is 5.29. The van der Waals surface area contributed by atoms with Gasteiger partial charge in [-0.15, -0.1) is 0 Å². The van der Waals surface area contributed by atoms with E-state index in [1.807, 2.05) is 20.2 Å². The molecule has 0 aliphatic rings. The minimum absolute atomic E-state index is 0.461. The first-order chi connectivity index (χ1) is 8.56. The summed E-state index contributed by atoms with van der Waals surface area (Å²) >= 11 is 3.34. The van der Waals surface area contributed by atoms with Crippen molar-refractivity contribution in [3.8, 4) is 11.6 Å². The van der Waals surface area contributed by atoms with E-state index in [9.17, 15) is 0 Å². The third-order valence-corrected chi connectivity index (χ3v) is 2.70. The minimum atomic E-state index is 0.461. The number of rotatable bonds is 3. The molecule has 0 atom stereocenters. The highest BCUT2D eigenvalue weighted by atomic mass is 79.9. The van der Waals surface area contributed by atoms with E-state index in [1.54, 1.807) is 29.3 Å². The van der Waals surface area contributed by atoms with E-state index >= 15 is 0 Å². The molecule has 0 aliphatic carbocycles. The average Bonchev–Trinajstić information content (AvgIpc) is 2.33. The monoisotopic (exact) mass is 308 g/mol. The fraction of sp³-hybridized carbons (Fsp3) is 0.167. The molecule has 0 radical (unpaired) electrons. The number of ether oxygens (including phenoxy) is 1. The molecule has 94 valence electrons. The molecule has 5 nitrogen and oxygen atoms in total. The van der Waals surface area contributed by atoms with Gasteiger partial charge in [0.05, 0.1) is 5.69 Å². The van der Waals surface area contributed by atoms with Crippen molar-refractivity contribution in [1.82, 2.24) is 9.97 Å². The Morgan fingerprint density at radius 1 is 1.28 bits per heavy atom. The van der Waals surface area contributed by atoms with E-state index in [1.165, 1.54) is 0 Å². The molecule has 0 amide bonds. The van der Waals surface area contributed by atoms with Crippen LogP contribution in [-0.2, 0) is 0 Å². The van der Waals surface area contributed by atoms with Gasteiger partial charge in [-0.2, -0.15) is 4.98 Å². The third kappa shape index (κ3) is 2.89. The topological polar surface area (TPSA) is 64.3 Å². The Labute approximate surface area is 114 Å². The van der Waals surface area contributed by atoms with Gasteiger partial charge >= 0.3 is 0 Å². The Balaban J connectivity index is 2.25. The average molecular weight is 309 g/mol. The van der Waals surface area contributed by atoms with Gasteiger partial charge in [-0.25, -0.2) is 4.98 Å². The van der Waals surface area contributed by atoms with Crippen LogP contribution in [0, 0.1) is 0 Å². The molecule has 0 unspecified atom stereocenters. The second-order valence-electron chi connectivity index (χ2n) is 3.87. The highest BCUT2D eigenvalue weighted by Crippen LogP contribution is 2.29. The number of hydrogen-bond donors (Lipinski definition) is 1. The van der Waals surface area contributed by atoms with Gasteiger partial charge in [0.25, 0.3) is 0 Å². The van der Waals surface area contributed by atoms with Crippen LogP contribution >= 0.6 is 15.9 Å². The lowest BCUT2D eigenvalue weighted by molar-refractivity contribution is 0.464. The SMILES string of the molecule is CN(C)c1nccc(Oc2ccc(Br)cc2N)n1. The van der Waals surface area contributed by atoms with E-state index in [-0.39, 0.29) is 0 Å². The van der Waals surface area contributed by atoms with Crippen LogP contribution < -0.4 is 15.4 Å². The van der Waals surface area contributed by atoms with Crippen molar-refractivity contribution >= 4 is 27.6 Å². The second-order valence-corrected chi connectivity index (χ2v) is 4.79. The molecule has 0 fully saturated rings. The van der Waals surface area contributed by atoms with Crippen LogP contribution in [0.15, 0.2) is 34.9 Å². The van der Waals surface area contributed by atoms with Crippen LogP contribution in [0.5, 0.6) is 11.6 Å². The summed E-state index contributed by atoms with van der Waals surface area (Å²) in [6, 6.07) is 7.12. The van der Waals surface area contributed by atoms with E-state index in [0.29, 0.717) is 23.3 Å². The Hall–Kier alpha value is -1.82. The standard InChI is InChI=1S/C12H13BrN4O/c1-17(2)12-15-6-5-11(16-12)18-10-4-3-8(13)7-9(10)14/h3-7H,14H2,1-2H3. The molecule has 2 N–H and O–H groups in total. The first kappa shape index (κ1) is 12.6. The number of nitrogen functional groups attached to an aromatic ring is 1. The number of anilines is 2. The van der Waals surface area contributed by atoms with Crippen LogP contribution in [-0.4, -0.2) is 24.1 Å². The summed E-state index contributed by atoms with van der Waals surface area (Å²) in [6.07, 6.45) is 1.65. The molecule has 0 bridgehead atoms. The van der Waals surface area contributed by atoms with Gasteiger partial charge < -0.3 is 15.4 Å². The fourth-order valence-electron chi connectivity index (χ4n) is 1.33. The van der Waals surface area contributed by atoms with Gasteiger partial charge in [0.2, 0.25) is 11.8 Å². The lowest BCUT2D eigenvalue weighted by atomic mass is 10.3. The van der Waals surface area contributed by atoms with Gasteiger partial charge in [0.15, 0.2) is 5.75 Å². The Morgan fingerprint density at radius 3 is 2.72 bits per heavy atom. The van der Waals surface area contributed by atoms with Gasteiger partial charge in [-0.3, -0.25) is 0 Å². The van der Waals surface area contributed by atoms with Gasteiger partial charge in [-0.05, 0) is 18.2 Å². The molecule has 0 saturated heterocycles. The van der Waals surface area contributed by atoms with Crippen molar-refractivity contribution in [2.24, 2.45) is 0 Å². The predicted molar refractivity (Wildman–Crippen MR) is 75.0 cm³/mol. The molecule has 0 saturated carbocycles. The molecule has 0 spiro atoms. The Kier molecular flexibility index (Phi) is 3.66. The molecular weight excluding hydrogens is 296 g/mol. The van der Waals surface area contributed by atoms with Gasteiger partial charge in [0.1, 0.15) is 0 Å². The molecular formula is C12H13BrN4O. The highest BCUT2D eigenvalue weighted by molar-refractivity contribution is 9.10. The summed E-state index contributed by atoms with van der Waals surface area (Å²) in [4.78, 5) is 10.2. The third-order valence-electron chi connectivity index (χ3n) is 2.20. The maximum atomic E-state index is 5.86. The van der Waals surface area contributed by atoms with Crippen molar-refractivity contribution in [3.05, 3.63) is 34.9 Å². The van der Waals surface area contributed by atoms with Crippen LogP contribution in [0.1, 0.15) is 0 Å². The summed E-state index contributed by atoms with van der Waals surface area (Å²) in [5, 5.41) is 0. The van der Waals surface area contributed by atoms with Gasteiger partial charge in [0, 0.05) is 30.8 Å². The van der Waals surface area contributed by atoms with E-state index in [4.69, 9.17) is 10.5 Å². The molecule has 2 aromatic rings. The minimum Gasteiger partial charge on any atom is -0.437 e. The summed E-state index contributed by atoms with van der Waals surface area (Å²) < 4.78 is 6.54. The van der Waals surface area contributed by atoms with Gasteiger partial charge in [-0.1, -0.05) is 15.9 Å². The number of nitrogens with zero attached hydrogens (tertiary/aromatic N) is 3. The predicted octanol–water partition coefficient (Wildman–Crippen LogP) is 2.68. The zero-order valence-electron chi connectivity index (χ0n) is 10.1. The van der Waals surface area contributed by atoms with Crippen LogP contribution in [0.4, 0.5) is 11.6 Å². The van der Waals surface area contributed by atoms with E-state index < -0.39 is 0 Å². The molecule has 6 heteroatoms. The molecule has 2 rings (SSSR count). The zero-order valence-corrected chi connectivity index (χ0v) is 11.7. The molecule has 1 aromatic carbocycles. The summed E-state index contributed by atoms with van der Waals surface area (Å²) in [6.45, 7) is 0. The van der Waals surface area contributed by atoms with Crippen molar-refractivity contribution in [2.45, 2.75) is 0 Å². The summed E-state index contributed by atoms with van der Waals surface area (Å²) in [5.41, 5.74) is 6.41. The maximum Gasteiger partial charge on any atom is 0.228 e. The lowest BCUT2D eigenvalue weighted by Crippen LogP contribution is -2.12. The molecule has 18 heavy (non-hydrogen) atoms. The summed E-state index contributed by atoms with van der Waals surface area (Å²) in [7, 11) is 3.74. The number of hydrogen-bond acceptors (Lipinski definition) is 5. The number of benzene rings is 1. The van der Waals surface area contributed by atoms with Crippen LogP contribution in [0.3, 0.4) is 0 Å². The molecule has 0 aliphatic heterocycles. The maximum absolute atomic E-state index is 5.86. The summed E-state index contributed by atoms with van der Waals surface area (Å²) in [5.74, 6) is 1.62. The normalized spacial score (nSPS) is 10.2. The highest BCUT2D eigenvalue weighted by Gasteiger charge is 2.06. The largest absolute Gasteiger partial charge is 0.437 e. The van der Waals surface area contributed by atoms with Crippen molar-refractivity contribution < 1.29 is 4.74 Å². The second kappa shape index (κ2) is 5.22. The fourth-order valence-corrected chi connectivity index (χ4v) is 1.71. The zero-order chi connectivity index (χ0) is 13.1. The number of nitrogens with two attached hydrogens (primary N) is 1. The molecule has 1 heterocycles.